The van der Waals surface area contributed by atoms with Crippen LogP contribution >= 0.6 is 0 Å². The van der Waals surface area contributed by atoms with Crippen LogP contribution in [0.15, 0.2) is 109 Å². The third-order valence-corrected chi connectivity index (χ3v) is 12.2. The zero-order chi connectivity index (χ0) is 51.4. The Kier molecular flexibility index (Phi) is 55.4. The fourth-order valence-electron chi connectivity index (χ4n) is 7.85. The first-order chi connectivity index (χ1) is 35.0. The lowest BCUT2D eigenvalue weighted by molar-refractivity contribution is -0.166. The third-order valence-electron chi connectivity index (χ3n) is 12.2. The number of esters is 3. The van der Waals surface area contributed by atoms with Crippen LogP contribution < -0.4 is 0 Å². The van der Waals surface area contributed by atoms with E-state index in [9.17, 15) is 14.4 Å². The lowest BCUT2D eigenvalue weighted by Gasteiger charge is -2.18. The van der Waals surface area contributed by atoms with Crippen molar-refractivity contribution in [3.05, 3.63) is 109 Å². The fraction of sp³-hybridized carbons (Fsp3) is 0.677. The average Bonchev–Trinajstić information content (AvgIpc) is 3.37. The van der Waals surface area contributed by atoms with E-state index < -0.39 is 6.10 Å². The number of hydrogen-bond donors (Lipinski definition) is 0. The zero-order valence-corrected chi connectivity index (χ0v) is 46.2. The molecule has 0 rings (SSSR count). The minimum absolute atomic E-state index is 0.110. The van der Waals surface area contributed by atoms with Gasteiger partial charge in [-0.25, -0.2) is 0 Å². The van der Waals surface area contributed by atoms with Crippen molar-refractivity contribution in [1.29, 1.82) is 0 Å². The van der Waals surface area contributed by atoms with E-state index in [0.29, 0.717) is 19.3 Å². The van der Waals surface area contributed by atoms with Gasteiger partial charge in [0, 0.05) is 19.3 Å². The topological polar surface area (TPSA) is 78.9 Å². The van der Waals surface area contributed by atoms with Gasteiger partial charge in [-0.2, -0.15) is 0 Å². The highest BCUT2D eigenvalue weighted by Crippen LogP contribution is 2.14. The summed E-state index contributed by atoms with van der Waals surface area (Å²) in [7, 11) is 0. The van der Waals surface area contributed by atoms with Gasteiger partial charge in [0.25, 0.3) is 0 Å². The first-order valence-electron chi connectivity index (χ1n) is 29.4. The summed E-state index contributed by atoms with van der Waals surface area (Å²) in [5.41, 5.74) is 0. The lowest BCUT2D eigenvalue weighted by atomic mass is 10.1. The van der Waals surface area contributed by atoms with Crippen molar-refractivity contribution in [1.82, 2.24) is 0 Å². The van der Waals surface area contributed by atoms with E-state index in [1.54, 1.807) is 0 Å². The van der Waals surface area contributed by atoms with Gasteiger partial charge in [0.05, 0.1) is 0 Å². The number of carbonyl (C=O) groups is 3. The van der Waals surface area contributed by atoms with Gasteiger partial charge in [-0.3, -0.25) is 14.4 Å². The van der Waals surface area contributed by atoms with Crippen molar-refractivity contribution in [2.24, 2.45) is 0 Å². The molecule has 6 heteroatoms. The largest absolute Gasteiger partial charge is 0.462 e. The smallest absolute Gasteiger partial charge is 0.306 e. The predicted molar refractivity (Wildman–Crippen MR) is 307 cm³/mol. The fourth-order valence-corrected chi connectivity index (χ4v) is 7.85. The molecule has 6 nitrogen and oxygen atoms in total. The maximum absolute atomic E-state index is 12.9. The first kappa shape index (κ1) is 67.1. The number of allylic oxidation sites excluding steroid dienone is 18. The van der Waals surface area contributed by atoms with Crippen LogP contribution in [0.25, 0.3) is 0 Å². The van der Waals surface area contributed by atoms with Crippen LogP contribution in [0.2, 0.25) is 0 Å². The number of ether oxygens (including phenoxy) is 3. The van der Waals surface area contributed by atoms with Crippen LogP contribution in [0.3, 0.4) is 0 Å². The summed E-state index contributed by atoms with van der Waals surface area (Å²) in [5, 5.41) is 0. The molecule has 0 aliphatic carbocycles. The summed E-state index contributed by atoms with van der Waals surface area (Å²) >= 11 is 0. The molecular weight excluding hydrogens is 877 g/mol. The van der Waals surface area contributed by atoms with Crippen molar-refractivity contribution in [3.8, 4) is 0 Å². The third kappa shape index (κ3) is 56.9. The van der Waals surface area contributed by atoms with Crippen molar-refractivity contribution >= 4 is 17.9 Å². The number of hydrogen-bond acceptors (Lipinski definition) is 6. The highest BCUT2D eigenvalue weighted by Gasteiger charge is 2.19. The summed E-state index contributed by atoms with van der Waals surface area (Å²) in [5.74, 6) is -1.01. The molecular formula is C65H108O6. The van der Waals surface area contributed by atoms with Gasteiger partial charge in [-0.05, 0) is 116 Å². The predicted octanol–water partition coefficient (Wildman–Crippen LogP) is 19.9. The number of rotatable bonds is 52. The molecule has 0 aliphatic heterocycles. The van der Waals surface area contributed by atoms with Gasteiger partial charge in [-0.1, -0.05) is 239 Å². The maximum atomic E-state index is 12.9. The minimum Gasteiger partial charge on any atom is -0.462 e. The Labute approximate surface area is 438 Å². The quantitative estimate of drug-likeness (QED) is 0.0261. The van der Waals surface area contributed by atoms with E-state index in [-0.39, 0.29) is 37.5 Å². The molecule has 0 radical (unpaired) electrons. The Hall–Kier alpha value is -3.93. The zero-order valence-electron chi connectivity index (χ0n) is 46.2. The van der Waals surface area contributed by atoms with Crippen LogP contribution in [0.5, 0.6) is 0 Å². The lowest BCUT2D eigenvalue weighted by Crippen LogP contribution is -2.30. The summed E-state index contributed by atoms with van der Waals surface area (Å²) in [6.45, 7) is 6.42. The van der Waals surface area contributed by atoms with E-state index in [1.165, 1.54) is 116 Å². The molecule has 0 fully saturated rings. The molecule has 0 bridgehead atoms. The second-order valence-electron chi connectivity index (χ2n) is 19.2. The van der Waals surface area contributed by atoms with Gasteiger partial charge in [0.1, 0.15) is 13.2 Å². The van der Waals surface area contributed by atoms with E-state index in [1.807, 2.05) is 6.08 Å². The minimum atomic E-state index is -0.818. The van der Waals surface area contributed by atoms with Gasteiger partial charge < -0.3 is 14.2 Å². The first-order valence-corrected chi connectivity index (χ1v) is 29.4. The molecule has 0 aromatic carbocycles. The summed E-state index contributed by atoms with van der Waals surface area (Å²) < 4.78 is 16.8. The van der Waals surface area contributed by atoms with Crippen LogP contribution in [0, 0.1) is 0 Å². The molecule has 1 atom stereocenters. The average molecular weight is 986 g/mol. The van der Waals surface area contributed by atoms with Crippen molar-refractivity contribution < 1.29 is 28.6 Å². The van der Waals surface area contributed by atoms with Crippen LogP contribution in [-0.2, 0) is 28.6 Å². The SMILES string of the molecule is CC/C=C\C/C=C\C/C=C\C/C=C\C/C=C\C/C=C\CCC(=O)OC[C@@H](COC(=O)CCCCCCC/C=C\C/C=C\CCCCC)OC(=O)CCCCCCCCCCC/C=C\CCCCCCCC. The summed E-state index contributed by atoms with van der Waals surface area (Å²) in [6.07, 6.45) is 79.5. The molecule has 0 saturated carbocycles. The van der Waals surface area contributed by atoms with Crippen molar-refractivity contribution in [3.63, 3.8) is 0 Å². The molecule has 0 amide bonds. The van der Waals surface area contributed by atoms with Crippen molar-refractivity contribution in [2.45, 2.75) is 271 Å². The summed E-state index contributed by atoms with van der Waals surface area (Å²) in [6, 6.07) is 0. The molecule has 0 saturated heterocycles. The molecule has 0 aromatic heterocycles. The summed E-state index contributed by atoms with van der Waals surface area (Å²) in [4.78, 5) is 38.2. The number of unbranched alkanes of at least 4 members (excludes halogenated alkanes) is 23. The monoisotopic (exact) mass is 985 g/mol. The number of carbonyl (C=O) groups excluding carboxylic acids is 3. The van der Waals surface area contributed by atoms with E-state index in [0.717, 1.165) is 103 Å². The van der Waals surface area contributed by atoms with Crippen LogP contribution in [-0.4, -0.2) is 37.2 Å². The molecule has 0 heterocycles. The van der Waals surface area contributed by atoms with Crippen molar-refractivity contribution in [2.75, 3.05) is 13.2 Å². The normalized spacial score (nSPS) is 12.9. The van der Waals surface area contributed by atoms with Gasteiger partial charge in [0.15, 0.2) is 6.10 Å². The highest BCUT2D eigenvalue weighted by atomic mass is 16.6. The van der Waals surface area contributed by atoms with E-state index in [2.05, 4.69) is 124 Å². The highest BCUT2D eigenvalue weighted by molar-refractivity contribution is 5.71. The Morgan fingerprint density at radius 3 is 0.986 bits per heavy atom. The molecule has 0 N–H and O–H groups in total. The van der Waals surface area contributed by atoms with Crippen LogP contribution in [0.4, 0.5) is 0 Å². The maximum Gasteiger partial charge on any atom is 0.306 e. The van der Waals surface area contributed by atoms with E-state index in [4.69, 9.17) is 14.2 Å². The van der Waals surface area contributed by atoms with Gasteiger partial charge in [-0.15, -0.1) is 0 Å². The molecule has 0 unspecified atom stereocenters. The molecule has 0 spiro atoms. The Bertz CT molecular complexity index is 1460. The second kappa shape index (κ2) is 58.6. The van der Waals surface area contributed by atoms with Gasteiger partial charge in [0.2, 0.25) is 0 Å². The van der Waals surface area contributed by atoms with E-state index >= 15 is 0 Å². The second-order valence-corrected chi connectivity index (χ2v) is 19.2. The molecule has 71 heavy (non-hydrogen) atoms. The molecule has 0 aliphatic rings. The molecule has 404 valence electrons. The van der Waals surface area contributed by atoms with Gasteiger partial charge >= 0.3 is 17.9 Å². The molecule has 0 aromatic rings. The Balaban J connectivity index is 4.52. The standard InChI is InChI=1S/C65H108O6/c1-4-7-10-13-16-19-22-25-28-30-32-34-37-40-43-46-49-52-55-58-64(67)70-61-62(60-69-63(66)57-54-51-48-45-42-39-36-27-24-21-18-15-12-9-6-3)71-65(68)59-56-53-50-47-44-41-38-35-33-31-29-26-23-20-17-14-11-8-5-2/h7,10,16,18-19,21,25-29,32,34,36,40,43,49,52,62H,4-6,8-9,11-15,17,20,22-24,30-31,33,35,37-39,41-42,44-48,50-51,53-61H2,1-3H3/b10-7-,19-16-,21-18-,28-25-,29-26-,34-32-,36-27-,43-40-,52-49-/t62-/m1/s1. The van der Waals surface area contributed by atoms with Crippen LogP contribution in [0.1, 0.15) is 265 Å². The Morgan fingerprint density at radius 2 is 0.577 bits per heavy atom. The Morgan fingerprint density at radius 1 is 0.296 bits per heavy atom.